The van der Waals surface area contributed by atoms with E-state index in [-0.39, 0.29) is 18.2 Å². The van der Waals surface area contributed by atoms with Crippen LogP contribution in [-0.2, 0) is 4.74 Å². The number of carbonyl (C=O) groups is 1. The van der Waals surface area contributed by atoms with Crippen LogP contribution in [0.15, 0.2) is 78.9 Å². The van der Waals surface area contributed by atoms with Crippen LogP contribution in [0.5, 0.6) is 5.75 Å². The minimum atomic E-state index is -0.391. The fourth-order valence-electron chi connectivity index (χ4n) is 3.54. The van der Waals surface area contributed by atoms with Crippen LogP contribution < -0.4 is 15.8 Å². The lowest BCUT2D eigenvalue weighted by molar-refractivity contribution is 0.0515. The van der Waals surface area contributed by atoms with Crippen molar-refractivity contribution in [2.75, 3.05) is 25.0 Å². The highest BCUT2D eigenvalue weighted by molar-refractivity contribution is 6.30. The van der Waals surface area contributed by atoms with Crippen molar-refractivity contribution in [3.05, 3.63) is 95.0 Å². The monoisotopic (exact) mass is 484 g/mol. The zero-order valence-corrected chi connectivity index (χ0v) is 19.5. The molecule has 174 valence electrons. The summed E-state index contributed by atoms with van der Waals surface area (Å²) in [6, 6.07) is 24.9. The number of benzene rings is 3. The van der Waals surface area contributed by atoms with Gasteiger partial charge in [0.15, 0.2) is 12.6 Å². The van der Waals surface area contributed by atoms with Crippen LogP contribution in [0.3, 0.4) is 0 Å². The molecule has 0 saturated carbocycles. The Labute approximate surface area is 207 Å². The third-order valence-electron chi connectivity index (χ3n) is 5.15. The summed E-state index contributed by atoms with van der Waals surface area (Å²) in [7, 11) is 1.51. The summed E-state index contributed by atoms with van der Waals surface area (Å²) in [5.41, 5.74) is 9.52. The molecule has 0 aliphatic heterocycles. The predicted octanol–water partition coefficient (Wildman–Crippen LogP) is 5.76. The van der Waals surface area contributed by atoms with E-state index in [9.17, 15) is 10.1 Å². The molecule has 4 aromatic rings. The number of nitrogen functional groups attached to an aromatic ring is 1. The van der Waals surface area contributed by atoms with E-state index >= 15 is 0 Å². The van der Waals surface area contributed by atoms with Crippen LogP contribution in [0.2, 0.25) is 5.02 Å². The topological polar surface area (TPSA) is 110 Å². The van der Waals surface area contributed by atoms with Crippen LogP contribution in [0.4, 0.5) is 11.5 Å². The van der Waals surface area contributed by atoms with Crippen molar-refractivity contribution < 1.29 is 14.3 Å². The molecule has 7 nitrogen and oxygen atoms in total. The number of hydrogen-bond donors (Lipinski definition) is 2. The van der Waals surface area contributed by atoms with Gasteiger partial charge < -0.3 is 20.5 Å². The van der Waals surface area contributed by atoms with Crippen molar-refractivity contribution >= 4 is 29.0 Å². The second-order valence-electron chi connectivity index (χ2n) is 7.53. The van der Waals surface area contributed by atoms with Crippen LogP contribution in [0.1, 0.15) is 15.9 Å². The minimum Gasteiger partial charge on any atom is -0.467 e. The van der Waals surface area contributed by atoms with Gasteiger partial charge in [-0.2, -0.15) is 5.26 Å². The Balaban J connectivity index is 1.91. The average molecular weight is 485 g/mol. The molecule has 0 aliphatic carbocycles. The van der Waals surface area contributed by atoms with Crippen molar-refractivity contribution in [2.45, 2.75) is 0 Å². The van der Waals surface area contributed by atoms with Gasteiger partial charge in [0.1, 0.15) is 17.4 Å². The number of nitrogens with one attached hydrogen (secondary N) is 1. The molecular weight excluding hydrogens is 464 g/mol. The van der Waals surface area contributed by atoms with E-state index in [1.165, 1.54) is 7.11 Å². The largest absolute Gasteiger partial charge is 0.467 e. The summed E-state index contributed by atoms with van der Waals surface area (Å²) >= 11 is 6.19. The Morgan fingerprint density at radius 2 is 1.86 bits per heavy atom. The Bertz CT molecular complexity index is 1420. The molecule has 1 aromatic heterocycles. The first-order valence-corrected chi connectivity index (χ1v) is 11.0. The van der Waals surface area contributed by atoms with Gasteiger partial charge in [0.25, 0.3) is 5.91 Å². The summed E-state index contributed by atoms with van der Waals surface area (Å²) < 4.78 is 10.8. The Kier molecular flexibility index (Phi) is 7.27. The normalized spacial score (nSPS) is 10.4. The molecule has 0 atom stereocenters. The highest BCUT2D eigenvalue weighted by Crippen LogP contribution is 2.37. The number of nitrogens with two attached hydrogens (primary N) is 1. The van der Waals surface area contributed by atoms with E-state index in [0.717, 1.165) is 0 Å². The lowest BCUT2D eigenvalue weighted by Gasteiger charge is -2.16. The number of pyridine rings is 1. The molecule has 8 heteroatoms. The predicted molar refractivity (Wildman–Crippen MR) is 136 cm³/mol. The van der Waals surface area contributed by atoms with E-state index in [0.29, 0.717) is 44.4 Å². The average Bonchev–Trinajstić information content (AvgIpc) is 2.87. The van der Waals surface area contributed by atoms with Gasteiger partial charge in [-0.25, -0.2) is 4.98 Å². The van der Waals surface area contributed by atoms with Gasteiger partial charge in [0.2, 0.25) is 0 Å². The van der Waals surface area contributed by atoms with Gasteiger partial charge in [-0.3, -0.25) is 4.79 Å². The summed E-state index contributed by atoms with van der Waals surface area (Å²) in [5.74, 6) is 0.163. The van der Waals surface area contributed by atoms with Crippen molar-refractivity contribution in [3.63, 3.8) is 0 Å². The molecule has 0 spiro atoms. The second kappa shape index (κ2) is 10.7. The van der Waals surface area contributed by atoms with Crippen molar-refractivity contribution in [1.29, 1.82) is 5.26 Å². The van der Waals surface area contributed by atoms with Gasteiger partial charge in [-0.05, 0) is 54.1 Å². The lowest BCUT2D eigenvalue weighted by atomic mass is 9.97. The molecule has 1 amide bonds. The molecule has 0 radical (unpaired) electrons. The summed E-state index contributed by atoms with van der Waals surface area (Å²) in [4.78, 5) is 17.6. The molecule has 1 heterocycles. The van der Waals surface area contributed by atoms with Crippen LogP contribution in [0, 0.1) is 11.3 Å². The molecule has 3 N–H and O–H groups in total. The first-order chi connectivity index (χ1) is 17.0. The molecule has 0 bridgehead atoms. The van der Waals surface area contributed by atoms with Crippen molar-refractivity contribution in [1.82, 2.24) is 4.98 Å². The Morgan fingerprint density at radius 1 is 1.06 bits per heavy atom. The number of nitriles is 1. The third kappa shape index (κ3) is 5.41. The second-order valence-corrected chi connectivity index (χ2v) is 7.96. The zero-order valence-electron chi connectivity index (χ0n) is 18.8. The van der Waals surface area contributed by atoms with Gasteiger partial charge in [-0.15, -0.1) is 0 Å². The quantitative estimate of drug-likeness (QED) is 0.255. The number of rotatable bonds is 7. The van der Waals surface area contributed by atoms with Gasteiger partial charge in [-0.1, -0.05) is 41.9 Å². The standard InChI is InChI=1S/C27H21ClN4O3/c1-34-16-35-25-13-19(28)10-11-21(25)24-14-22(18-8-5-9-20(30)12-18)23(15-29)26(31-24)32-27(33)17-6-3-2-4-7-17/h2-14H,16,30H2,1H3,(H,31,32,33). The maximum Gasteiger partial charge on any atom is 0.256 e. The SMILES string of the molecule is COCOc1cc(Cl)ccc1-c1cc(-c2cccc(N)c2)c(C#N)c(NC(=O)c2ccccc2)n1. The summed E-state index contributed by atoms with van der Waals surface area (Å²) in [6.07, 6.45) is 0. The number of nitrogens with zero attached hydrogens (tertiary/aromatic N) is 2. The molecule has 0 unspecified atom stereocenters. The number of amides is 1. The van der Waals surface area contributed by atoms with E-state index in [4.69, 9.17) is 26.8 Å². The van der Waals surface area contributed by atoms with E-state index in [1.807, 2.05) is 12.1 Å². The minimum absolute atomic E-state index is 0.00327. The number of carbonyl (C=O) groups excluding carboxylic acids is 1. The summed E-state index contributed by atoms with van der Waals surface area (Å²) in [6.45, 7) is 0.00327. The summed E-state index contributed by atoms with van der Waals surface area (Å²) in [5, 5.41) is 13.3. The fraction of sp³-hybridized carbons (Fsp3) is 0.0741. The first kappa shape index (κ1) is 23.8. The van der Waals surface area contributed by atoms with Gasteiger partial charge in [0, 0.05) is 34.5 Å². The number of aromatic nitrogens is 1. The molecule has 0 saturated heterocycles. The lowest BCUT2D eigenvalue weighted by Crippen LogP contribution is -2.15. The Morgan fingerprint density at radius 3 is 2.57 bits per heavy atom. The maximum atomic E-state index is 12.9. The van der Waals surface area contributed by atoms with Gasteiger partial charge >= 0.3 is 0 Å². The molecule has 4 rings (SSSR count). The highest BCUT2D eigenvalue weighted by atomic mass is 35.5. The van der Waals surface area contributed by atoms with Crippen LogP contribution >= 0.6 is 11.6 Å². The van der Waals surface area contributed by atoms with Gasteiger partial charge in [0.05, 0.1) is 5.69 Å². The number of anilines is 2. The molecule has 3 aromatic carbocycles. The number of ether oxygens (including phenoxy) is 2. The molecule has 0 aliphatic rings. The number of halogens is 1. The van der Waals surface area contributed by atoms with Crippen molar-refractivity contribution in [2.24, 2.45) is 0 Å². The molecule has 0 fully saturated rings. The Hall–Kier alpha value is -4.38. The smallest absolute Gasteiger partial charge is 0.256 e. The number of methoxy groups -OCH3 is 1. The third-order valence-corrected chi connectivity index (χ3v) is 5.38. The van der Waals surface area contributed by atoms with Crippen LogP contribution in [0.25, 0.3) is 22.4 Å². The van der Waals surface area contributed by atoms with Crippen LogP contribution in [-0.4, -0.2) is 24.8 Å². The molecule has 35 heavy (non-hydrogen) atoms. The fourth-order valence-corrected chi connectivity index (χ4v) is 3.70. The maximum absolute atomic E-state index is 12.9. The molecular formula is C27H21ClN4O3. The number of hydrogen-bond acceptors (Lipinski definition) is 6. The zero-order chi connectivity index (χ0) is 24.8. The van der Waals surface area contributed by atoms with Crippen molar-refractivity contribution in [3.8, 4) is 34.2 Å². The van der Waals surface area contributed by atoms with E-state index in [2.05, 4.69) is 16.4 Å². The van der Waals surface area contributed by atoms with E-state index in [1.54, 1.807) is 66.7 Å². The first-order valence-electron chi connectivity index (χ1n) is 10.6. The highest BCUT2D eigenvalue weighted by Gasteiger charge is 2.20. The van der Waals surface area contributed by atoms with E-state index < -0.39 is 5.91 Å².